The number of hydrogen-bond donors (Lipinski definition) is 2. The quantitative estimate of drug-likeness (QED) is 0.607. The number of piperazine rings is 1. The number of H-pyrrole nitrogens is 1. The minimum atomic E-state index is -4.38. The largest absolute Gasteiger partial charge is 0.417 e. The number of anilines is 1. The Morgan fingerprint density at radius 1 is 1.15 bits per heavy atom. The van der Waals surface area contributed by atoms with Crippen molar-refractivity contribution in [3.63, 3.8) is 0 Å². The highest BCUT2D eigenvalue weighted by Gasteiger charge is 2.45. The summed E-state index contributed by atoms with van der Waals surface area (Å²) >= 11 is 0. The molecule has 0 aliphatic carbocycles. The molecule has 3 fully saturated rings. The van der Waals surface area contributed by atoms with Gasteiger partial charge in [0.1, 0.15) is 11.6 Å². The molecule has 2 aromatic heterocycles. The lowest BCUT2D eigenvalue weighted by atomic mass is 9.86. The Morgan fingerprint density at radius 3 is 2.71 bits per heavy atom. The fourth-order valence-electron chi connectivity index (χ4n) is 5.02. The van der Waals surface area contributed by atoms with Crippen LogP contribution in [0.25, 0.3) is 11.3 Å². The summed E-state index contributed by atoms with van der Waals surface area (Å²) in [6.07, 6.45) is -0.977. The van der Waals surface area contributed by atoms with Gasteiger partial charge in [-0.05, 0) is 36.8 Å². The molecule has 11 heteroatoms. The zero-order valence-corrected chi connectivity index (χ0v) is 18.0. The van der Waals surface area contributed by atoms with Crippen molar-refractivity contribution in [1.29, 1.82) is 0 Å². The van der Waals surface area contributed by atoms with Crippen LogP contribution in [0.2, 0.25) is 0 Å². The van der Waals surface area contributed by atoms with Crippen LogP contribution in [0.15, 0.2) is 42.7 Å². The molecule has 3 aromatic rings. The van der Waals surface area contributed by atoms with Gasteiger partial charge in [-0.25, -0.2) is 9.78 Å². The van der Waals surface area contributed by atoms with Crippen molar-refractivity contribution in [2.75, 3.05) is 18.0 Å². The number of benzene rings is 1. The number of alkyl halides is 3. The molecule has 7 rings (SSSR count). The van der Waals surface area contributed by atoms with E-state index < -0.39 is 17.8 Å². The predicted octanol–water partition coefficient (Wildman–Crippen LogP) is 3.56. The molecule has 1 amide bonds. The SMILES string of the molecule is O=C1NCc2cc(-c3n[nH]cc3CN3C4CC3CN(c3ccc(C(F)(F)F)cn3)C4)ccc2O1. The average molecular weight is 470 g/mol. The number of aromatic nitrogens is 3. The number of amides is 1. The first kappa shape index (κ1) is 21.0. The van der Waals surface area contributed by atoms with E-state index in [1.807, 2.05) is 18.3 Å². The highest BCUT2D eigenvalue weighted by atomic mass is 19.4. The predicted molar refractivity (Wildman–Crippen MR) is 116 cm³/mol. The van der Waals surface area contributed by atoms with E-state index in [9.17, 15) is 18.0 Å². The molecule has 1 aromatic carbocycles. The number of rotatable bonds is 4. The van der Waals surface area contributed by atoms with Gasteiger partial charge >= 0.3 is 12.3 Å². The van der Waals surface area contributed by atoms with Crippen molar-refractivity contribution in [2.45, 2.75) is 37.8 Å². The third-order valence-electron chi connectivity index (χ3n) is 6.78. The van der Waals surface area contributed by atoms with Gasteiger partial charge in [-0.3, -0.25) is 10.00 Å². The Hall–Kier alpha value is -3.60. The Bertz CT molecular complexity index is 1230. The third-order valence-corrected chi connectivity index (χ3v) is 6.78. The van der Waals surface area contributed by atoms with Gasteiger partial charge in [0.2, 0.25) is 0 Å². The zero-order chi connectivity index (χ0) is 23.4. The first-order valence-electron chi connectivity index (χ1n) is 11.0. The van der Waals surface area contributed by atoms with Crippen LogP contribution >= 0.6 is 0 Å². The van der Waals surface area contributed by atoms with Crippen LogP contribution in [0, 0.1) is 0 Å². The number of carbonyl (C=O) groups is 1. The summed E-state index contributed by atoms with van der Waals surface area (Å²) in [4.78, 5) is 19.9. The van der Waals surface area contributed by atoms with Crippen LogP contribution in [0.3, 0.4) is 0 Å². The highest BCUT2D eigenvalue weighted by molar-refractivity contribution is 5.74. The fraction of sp³-hybridized carbons (Fsp3) is 0.348. The Balaban J connectivity index is 1.15. The molecule has 0 radical (unpaired) electrons. The summed E-state index contributed by atoms with van der Waals surface area (Å²) in [5, 5.41) is 10.1. The van der Waals surface area contributed by atoms with E-state index in [0.29, 0.717) is 30.2 Å². The number of halogens is 3. The van der Waals surface area contributed by atoms with E-state index in [2.05, 4.69) is 30.3 Å². The molecule has 4 aliphatic rings. The number of carbonyl (C=O) groups excluding carboxylic acids is 1. The van der Waals surface area contributed by atoms with Crippen molar-refractivity contribution in [1.82, 2.24) is 25.4 Å². The molecular weight excluding hydrogens is 449 g/mol. The van der Waals surface area contributed by atoms with Gasteiger partial charge in [-0.2, -0.15) is 18.3 Å². The molecule has 8 nitrogen and oxygen atoms in total. The molecule has 176 valence electrons. The maximum atomic E-state index is 12.8. The first-order valence-corrected chi connectivity index (χ1v) is 11.0. The van der Waals surface area contributed by atoms with Crippen LogP contribution < -0.4 is 15.0 Å². The molecule has 2 atom stereocenters. The summed E-state index contributed by atoms with van der Waals surface area (Å²) < 4.78 is 43.7. The molecule has 3 saturated heterocycles. The van der Waals surface area contributed by atoms with Gasteiger partial charge in [0.15, 0.2) is 0 Å². The molecule has 0 saturated carbocycles. The molecule has 2 N–H and O–H groups in total. The van der Waals surface area contributed by atoms with Crippen molar-refractivity contribution in [2.24, 2.45) is 0 Å². The van der Waals surface area contributed by atoms with Gasteiger partial charge in [0.05, 0.1) is 11.3 Å². The molecular formula is C23H21F3N6O2. The summed E-state index contributed by atoms with van der Waals surface area (Å²) in [5.74, 6) is 1.13. The number of aromatic amines is 1. The maximum absolute atomic E-state index is 12.8. The average Bonchev–Trinajstić information content (AvgIpc) is 3.30. The number of ether oxygens (including phenoxy) is 1. The second-order valence-corrected chi connectivity index (χ2v) is 8.85. The zero-order valence-electron chi connectivity index (χ0n) is 18.0. The first-order chi connectivity index (χ1) is 16.3. The monoisotopic (exact) mass is 470 g/mol. The Labute approximate surface area is 192 Å². The van der Waals surface area contributed by atoms with Gasteiger partial charge in [-0.15, -0.1) is 0 Å². The van der Waals surface area contributed by atoms with E-state index in [0.717, 1.165) is 60.7 Å². The van der Waals surface area contributed by atoms with Gasteiger partial charge < -0.3 is 15.0 Å². The van der Waals surface area contributed by atoms with Gasteiger partial charge in [0, 0.05) is 67.3 Å². The van der Waals surface area contributed by atoms with Crippen LogP contribution in [0.4, 0.5) is 23.8 Å². The lowest BCUT2D eigenvalue weighted by molar-refractivity contribution is -0.137. The normalized spacial score (nSPS) is 22.0. The van der Waals surface area contributed by atoms with E-state index in [1.54, 1.807) is 6.07 Å². The Kier molecular flexibility index (Phi) is 4.76. The number of nitrogens with zero attached hydrogens (tertiary/aromatic N) is 4. The van der Waals surface area contributed by atoms with E-state index in [4.69, 9.17) is 4.74 Å². The van der Waals surface area contributed by atoms with Crippen molar-refractivity contribution in [3.8, 4) is 17.0 Å². The highest BCUT2D eigenvalue weighted by Crippen LogP contribution is 2.38. The summed E-state index contributed by atoms with van der Waals surface area (Å²) in [7, 11) is 0. The van der Waals surface area contributed by atoms with Crippen LogP contribution in [0.1, 0.15) is 23.1 Å². The third kappa shape index (κ3) is 3.65. The van der Waals surface area contributed by atoms with Crippen LogP contribution in [0.5, 0.6) is 5.75 Å². The summed E-state index contributed by atoms with van der Waals surface area (Å²) in [6.45, 7) is 2.57. The van der Waals surface area contributed by atoms with Crippen molar-refractivity contribution in [3.05, 3.63) is 59.4 Å². The van der Waals surface area contributed by atoms with Crippen LogP contribution in [-0.4, -0.2) is 51.3 Å². The smallest absolute Gasteiger partial charge is 0.410 e. The minimum absolute atomic E-state index is 0.303. The lowest BCUT2D eigenvalue weighted by Crippen LogP contribution is -2.68. The summed E-state index contributed by atoms with van der Waals surface area (Å²) in [5.41, 5.74) is 3.02. The van der Waals surface area contributed by atoms with E-state index in [1.165, 1.54) is 6.07 Å². The molecule has 6 heterocycles. The van der Waals surface area contributed by atoms with E-state index >= 15 is 0 Å². The van der Waals surface area contributed by atoms with E-state index in [-0.39, 0.29) is 0 Å². The second-order valence-electron chi connectivity index (χ2n) is 8.85. The number of fused-ring (bicyclic) bond motifs is 3. The minimum Gasteiger partial charge on any atom is -0.410 e. The Morgan fingerprint density at radius 2 is 1.97 bits per heavy atom. The fourth-order valence-corrected chi connectivity index (χ4v) is 5.02. The molecule has 34 heavy (non-hydrogen) atoms. The van der Waals surface area contributed by atoms with Crippen molar-refractivity contribution >= 4 is 11.9 Å². The van der Waals surface area contributed by atoms with Gasteiger partial charge in [-0.1, -0.05) is 0 Å². The number of hydrogen-bond acceptors (Lipinski definition) is 6. The number of nitrogens with one attached hydrogen (secondary N) is 2. The topological polar surface area (TPSA) is 86.4 Å². The maximum Gasteiger partial charge on any atom is 0.417 e. The van der Waals surface area contributed by atoms with Crippen molar-refractivity contribution < 1.29 is 22.7 Å². The molecule has 4 aliphatic heterocycles. The molecule has 2 unspecified atom stereocenters. The van der Waals surface area contributed by atoms with Gasteiger partial charge in [0.25, 0.3) is 0 Å². The lowest BCUT2D eigenvalue weighted by Gasteiger charge is -2.56. The van der Waals surface area contributed by atoms with Crippen LogP contribution in [-0.2, 0) is 19.3 Å². The summed E-state index contributed by atoms with van der Waals surface area (Å²) in [6, 6.07) is 8.81. The number of piperidine rings is 1. The second kappa shape index (κ2) is 7.73. The number of pyridine rings is 1. The molecule has 0 spiro atoms. The molecule has 2 bridgehead atoms. The standard InChI is InChI=1S/C23H21F3N6O2/c24-23(25,26)16-2-4-20(27-9-16)31-11-17-6-18(12-31)32(17)10-15-8-29-30-21(15)13-1-3-19-14(5-13)7-28-22(33)34-19/h1-5,8-9,17-18H,6-7,10-12H2,(H,28,33)(H,29,30).